The molecule has 0 aliphatic heterocycles. The van der Waals surface area contributed by atoms with Crippen LogP contribution in [0, 0.1) is 0 Å². The van der Waals surface area contributed by atoms with E-state index in [9.17, 15) is 19.0 Å². The number of likely N-dealkylation sites (N-methyl/N-ethyl adjacent to an activating group) is 1. The van der Waals surface area contributed by atoms with Crippen molar-refractivity contribution < 1.29 is 37.3 Å². The van der Waals surface area contributed by atoms with Crippen LogP contribution in [-0.2, 0) is 27.9 Å². The van der Waals surface area contributed by atoms with E-state index in [2.05, 4.69) is 38.2 Å². The fourth-order valence-electron chi connectivity index (χ4n) is 7.15. The van der Waals surface area contributed by atoms with Crippen molar-refractivity contribution in [3.8, 4) is 0 Å². The summed E-state index contributed by atoms with van der Waals surface area (Å²) in [7, 11) is 1.45. The number of nitrogens with one attached hydrogen (secondary N) is 1. The molecule has 0 saturated heterocycles. The number of rotatable bonds is 46. The molecule has 0 heterocycles. The number of hydrogen-bond acceptors (Lipinski definition) is 6. The zero-order valence-corrected chi connectivity index (χ0v) is 44.1. The number of amides is 1. The summed E-state index contributed by atoms with van der Waals surface area (Å²) in [5, 5.41) is 3.01. The van der Waals surface area contributed by atoms with E-state index < -0.39 is 20.0 Å². The Hall–Kier alpha value is -2.81. The fraction of sp³-hybridized carbons (Fsp3) is 0.714. The molecule has 2 N–H and O–H groups in total. The van der Waals surface area contributed by atoms with Gasteiger partial charge in [0.2, 0.25) is 5.91 Å². The third kappa shape index (κ3) is 46.3. The molecule has 0 saturated carbocycles. The van der Waals surface area contributed by atoms with E-state index >= 15 is 0 Å². The van der Waals surface area contributed by atoms with Crippen molar-refractivity contribution in [2.45, 2.75) is 219 Å². The summed E-state index contributed by atoms with van der Waals surface area (Å²) in [4.78, 5) is 37.4. The smallest absolute Gasteiger partial charge is 0.456 e. The van der Waals surface area contributed by atoms with Crippen LogP contribution in [0.1, 0.15) is 207 Å². The minimum atomic E-state index is -4.45. The highest BCUT2D eigenvalue weighted by molar-refractivity contribution is 7.47. The van der Waals surface area contributed by atoms with E-state index in [0.717, 1.165) is 64.2 Å². The average Bonchev–Trinajstić information content (AvgIpc) is 3.27. The molecule has 10 heteroatoms. The van der Waals surface area contributed by atoms with E-state index in [4.69, 9.17) is 13.8 Å². The minimum absolute atomic E-state index is 0.0280. The van der Waals surface area contributed by atoms with Gasteiger partial charge in [0.25, 0.3) is 0 Å². The number of allylic oxidation sites excluding steroid dienone is 13. The normalized spacial score (nSPS) is 14.6. The number of ether oxygens (including phenoxy) is 1. The predicted molar refractivity (Wildman–Crippen MR) is 281 cm³/mol. The summed E-state index contributed by atoms with van der Waals surface area (Å²) in [6.45, 7) is 6.80. The summed E-state index contributed by atoms with van der Waals surface area (Å²) in [5.74, 6) is -0.562. The Balaban J connectivity index is 5.51. The van der Waals surface area contributed by atoms with E-state index in [1.165, 1.54) is 103 Å². The van der Waals surface area contributed by atoms with Crippen LogP contribution >= 0.6 is 7.82 Å². The first-order valence-corrected chi connectivity index (χ1v) is 28.0. The summed E-state index contributed by atoms with van der Waals surface area (Å²) < 4.78 is 30.5. The van der Waals surface area contributed by atoms with E-state index in [-0.39, 0.29) is 37.9 Å². The number of hydrogen-bond donors (Lipinski definition) is 2. The molecule has 0 rings (SSSR count). The molecule has 0 aliphatic rings. The van der Waals surface area contributed by atoms with Crippen LogP contribution in [0.5, 0.6) is 0 Å². The maximum absolute atomic E-state index is 13.4. The Bertz CT molecular complexity index is 1410. The Morgan fingerprint density at radius 1 is 0.545 bits per heavy atom. The second kappa shape index (κ2) is 45.9. The number of quaternary nitrogens is 1. The van der Waals surface area contributed by atoms with Gasteiger partial charge in [-0.2, -0.15) is 0 Å². The molecule has 0 aromatic heterocycles. The Kier molecular flexibility index (Phi) is 44.0. The number of esters is 1. The van der Waals surface area contributed by atoms with Crippen molar-refractivity contribution in [2.24, 2.45) is 0 Å². The quantitative estimate of drug-likeness (QED) is 0.0156. The van der Waals surface area contributed by atoms with Crippen LogP contribution < -0.4 is 5.32 Å². The number of unbranched alkanes of at least 4 members (excludes halogenated alkanes) is 23. The second-order valence-electron chi connectivity index (χ2n) is 18.8. The van der Waals surface area contributed by atoms with Gasteiger partial charge in [-0.3, -0.25) is 18.6 Å². The third-order valence-corrected chi connectivity index (χ3v) is 12.2. The molecular weight excluding hydrogens is 844 g/mol. The van der Waals surface area contributed by atoms with Crippen molar-refractivity contribution in [3.63, 3.8) is 0 Å². The zero-order chi connectivity index (χ0) is 48.7. The maximum Gasteiger partial charge on any atom is 0.472 e. The molecule has 0 aliphatic carbocycles. The lowest BCUT2D eigenvalue weighted by molar-refractivity contribution is -0.870. The molecule has 3 atom stereocenters. The standard InChI is InChI=1S/C56H99N2O7P/c1-7-10-13-16-19-22-25-27-28-29-30-31-34-36-39-42-45-48-55(59)57-53(52-64-66(61,62)63-51-50-58(4,5)6)54(47-44-41-38-35-33-26-23-20-17-14-11-8-2)65-56(60)49-46-43-40-37-32-24-21-18-15-12-9-3/h10,13,16,19,22,25,27-31,34,44,47,53-54H,7-9,11-12,14-15,17-18,20-21,23-24,26,32-33,35-43,45-46,48-52H2,1-6H3,(H-,57,59,61,62)/p+1/b13-10-,19-16+,25-22+,28-27-,30-29+,34-31+,47-44-. The van der Waals surface area contributed by atoms with Crippen LogP contribution in [0.25, 0.3) is 0 Å². The highest BCUT2D eigenvalue weighted by Gasteiger charge is 2.30. The van der Waals surface area contributed by atoms with Gasteiger partial charge in [0.15, 0.2) is 0 Å². The number of nitrogens with zero attached hydrogens (tertiary/aromatic N) is 1. The number of carbonyl (C=O) groups excluding carboxylic acids is 2. The second-order valence-corrected chi connectivity index (χ2v) is 20.3. The molecule has 0 spiro atoms. The van der Waals surface area contributed by atoms with Crippen molar-refractivity contribution in [3.05, 3.63) is 85.1 Å². The molecule has 0 radical (unpaired) electrons. The van der Waals surface area contributed by atoms with Gasteiger partial charge in [0.05, 0.1) is 33.8 Å². The number of carbonyl (C=O) groups is 2. The molecule has 0 aromatic carbocycles. The largest absolute Gasteiger partial charge is 0.472 e. The first kappa shape index (κ1) is 63.2. The van der Waals surface area contributed by atoms with Crippen LogP contribution in [0.3, 0.4) is 0 Å². The molecule has 380 valence electrons. The van der Waals surface area contributed by atoms with Crippen molar-refractivity contribution >= 4 is 19.7 Å². The molecule has 9 nitrogen and oxygen atoms in total. The molecule has 3 unspecified atom stereocenters. The predicted octanol–water partition coefficient (Wildman–Crippen LogP) is 15.5. The number of phosphoric acid groups is 1. The van der Waals surface area contributed by atoms with Crippen LogP contribution in [0.2, 0.25) is 0 Å². The Morgan fingerprint density at radius 2 is 0.970 bits per heavy atom. The van der Waals surface area contributed by atoms with Gasteiger partial charge in [-0.15, -0.1) is 0 Å². The summed E-state index contributed by atoms with van der Waals surface area (Å²) in [5.41, 5.74) is 0. The molecular formula is C56H100N2O7P+. The van der Waals surface area contributed by atoms with Gasteiger partial charge < -0.3 is 19.4 Å². The van der Waals surface area contributed by atoms with Gasteiger partial charge in [0.1, 0.15) is 19.3 Å². The molecule has 1 amide bonds. The lowest BCUT2D eigenvalue weighted by atomic mass is 10.0. The first-order chi connectivity index (χ1) is 31.9. The van der Waals surface area contributed by atoms with Gasteiger partial charge in [-0.05, 0) is 51.0 Å². The first-order valence-electron chi connectivity index (χ1n) is 26.5. The van der Waals surface area contributed by atoms with Crippen molar-refractivity contribution in [1.29, 1.82) is 0 Å². The van der Waals surface area contributed by atoms with Crippen LogP contribution in [-0.4, -0.2) is 74.3 Å². The van der Waals surface area contributed by atoms with E-state index in [1.807, 2.05) is 94.1 Å². The Labute approximate surface area is 406 Å². The summed E-state index contributed by atoms with van der Waals surface area (Å²) in [6, 6.07) is -0.871. The SMILES string of the molecule is CC\C=C/C=C/C=C/C=C\C=C\C=C\CCCCCC(=O)NC(COP(=O)(O)OCC[N+](C)(C)C)C(/C=C\CCCCCCCCCCCC)OC(=O)CCCCCCCCCCCCC. The lowest BCUT2D eigenvalue weighted by Gasteiger charge is -2.27. The zero-order valence-electron chi connectivity index (χ0n) is 43.2. The van der Waals surface area contributed by atoms with Gasteiger partial charge in [-0.25, -0.2) is 4.57 Å². The molecule has 0 fully saturated rings. The highest BCUT2D eigenvalue weighted by atomic mass is 31.2. The summed E-state index contributed by atoms with van der Waals surface area (Å²) in [6.07, 6.45) is 58.6. The molecule has 0 aromatic rings. The molecule has 66 heavy (non-hydrogen) atoms. The monoisotopic (exact) mass is 944 g/mol. The van der Waals surface area contributed by atoms with Crippen molar-refractivity contribution in [2.75, 3.05) is 40.9 Å². The Morgan fingerprint density at radius 3 is 1.47 bits per heavy atom. The third-order valence-electron chi connectivity index (χ3n) is 11.3. The minimum Gasteiger partial charge on any atom is -0.456 e. The lowest BCUT2D eigenvalue weighted by Crippen LogP contribution is -2.47. The molecule has 0 bridgehead atoms. The van der Waals surface area contributed by atoms with Crippen LogP contribution in [0.15, 0.2) is 85.1 Å². The summed E-state index contributed by atoms with van der Waals surface area (Å²) >= 11 is 0. The van der Waals surface area contributed by atoms with Gasteiger partial charge >= 0.3 is 13.8 Å². The van der Waals surface area contributed by atoms with Gasteiger partial charge in [-0.1, -0.05) is 228 Å². The topological polar surface area (TPSA) is 111 Å². The van der Waals surface area contributed by atoms with E-state index in [1.54, 1.807) is 0 Å². The highest BCUT2D eigenvalue weighted by Crippen LogP contribution is 2.43. The average molecular weight is 944 g/mol. The van der Waals surface area contributed by atoms with Crippen molar-refractivity contribution in [1.82, 2.24) is 5.32 Å². The van der Waals surface area contributed by atoms with Gasteiger partial charge in [0, 0.05) is 12.8 Å². The fourth-order valence-corrected chi connectivity index (χ4v) is 7.88. The number of phosphoric ester groups is 1. The van der Waals surface area contributed by atoms with E-state index in [0.29, 0.717) is 17.4 Å². The van der Waals surface area contributed by atoms with Crippen LogP contribution in [0.4, 0.5) is 0 Å². The maximum atomic E-state index is 13.4.